The summed E-state index contributed by atoms with van der Waals surface area (Å²) < 4.78 is 0. The van der Waals surface area contributed by atoms with Crippen molar-refractivity contribution in [3.05, 3.63) is 0 Å². The molecule has 0 heterocycles. The van der Waals surface area contributed by atoms with Crippen molar-refractivity contribution in [2.45, 2.75) is 33.8 Å². The molecule has 54 valence electrons. The number of rotatable bonds is 1. The second-order valence-electron chi connectivity index (χ2n) is 3.62. The van der Waals surface area contributed by atoms with Crippen LogP contribution in [0, 0.1) is 17.3 Å². The summed E-state index contributed by atoms with van der Waals surface area (Å²) in [6.45, 7) is 8.46. The fraction of sp³-hybridized carbons (Fsp3) is 1.00. The fourth-order valence-corrected chi connectivity index (χ4v) is 1.78. The van der Waals surface area contributed by atoms with Crippen molar-refractivity contribution in [1.82, 2.24) is 0 Å². The van der Waals surface area contributed by atoms with Crippen molar-refractivity contribution >= 4 is 0 Å². The minimum Gasteiger partial charge on any atom is -0.393 e. The molecular weight excluding hydrogens is 112 g/mol. The van der Waals surface area contributed by atoms with Gasteiger partial charge in [0.2, 0.25) is 0 Å². The molecule has 3 unspecified atom stereocenters. The third kappa shape index (κ3) is 0.710. The van der Waals surface area contributed by atoms with Gasteiger partial charge in [0, 0.05) is 0 Å². The fourth-order valence-electron chi connectivity index (χ4n) is 1.78. The maximum Gasteiger partial charge on any atom is 0.0570 e. The molecule has 1 fully saturated rings. The summed E-state index contributed by atoms with van der Waals surface area (Å²) in [4.78, 5) is 0. The molecule has 0 bridgehead atoms. The lowest BCUT2D eigenvalue weighted by Crippen LogP contribution is -2.17. The van der Waals surface area contributed by atoms with Gasteiger partial charge in [0.1, 0.15) is 0 Å². The number of hydrogen-bond donors (Lipinski definition) is 1. The Bertz CT molecular complexity index is 100. The molecule has 9 heavy (non-hydrogen) atoms. The van der Waals surface area contributed by atoms with Crippen LogP contribution in [0.4, 0.5) is 0 Å². The molecule has 0 aliphatic heterocycles. The highest BCUT2D eigenvalue weighted by Crippen LogP contribution is 2.59. The minimum absolute atomic E-state index is 0.137. The molecule has 1 aliphatic rings. The number of hydrogen-bond acceptors (Lipinski definition) is 1. The first kappa shape index (κ1) is 7.07. The Labute approximate surface area is 57.1 Å². The van der Waals surface area contributed by atoms with Gasteiger partial charge in [-0.25, -0.2) is 0 Å². The van der Waals surface area contributed by atoms with Crippen molar-refractivity contribution in [2.75, 3.05) is 0 Å². The SMILES string of the molecule is CC(O)C1(C)C(C)C1C. The zero-order valence-corrected chi connectivity index (χ0v) is 6.68. The Kier molecular flexibility index (Phi) is 1.35. The summed E-state index contributed by atoms with van der Waals surface area (Å²) in [5.74, 6) is 1.41. The van der Waals surface area contributed by atoms with E-state index in [0.29, 0.717) is 11.8 Å². The van der Waals surface area contributed by atoms with E-state index in [-0.39, 0.29) is 11.5 Å². The van der Waals surface area contributed by atoms with Crippen molar-refractivity contribution < 1.29 is 5.11 Å². The average Bonchev–Trinajstić information content (AvgIpc) is 2.22. The van der Waals surface area contributed by atoms with Gasteiger partial charge in [-0.05, 0) is 24.2 Å². The van der Waals surface area contributed by atoms with Crippen molar-refractivity contribution in [3.63, 3.8) is 0 Å². The van der Waals surface area contributed by atoms with Crippen LogP contribution in [0.5, 0.6) is 0 Å². The third-order valence-electron chi connectivity index (χ3n) is 3.50. The number of aliphatic hydroxyl groups is 1. The molecular formula is C8H16O. The van der Waals surface area contributed by atoms with Crippen LogP contribution in [0.2, 0.25) is 0 Å². The van der Waals surface area contributed by atoms with Gasteiger partial charge in [-0.15, -0.1) is 0 Å². The normalized spacial score (nSPS) is 53.0. The molecule has 0 aromatic heterocycles. The topological polar surface area (TPSA) is 20.2 Å². The van der Waals surface area contributed by atoms with Gasteiger partial charge in [0.05, 0.1) is 6.10 Å². The van der Waals surface area contributed by atoms with Gasteiger partial charge in [0.25, 0.3) is 0 Å². The van der Waals surface area contributed by atoms with Crippen LogP contribution in [-0.4, -0.2) is 11.2 Å². The van der Waals surface area contributed by atoms with E-state index >= 15 is 0 Å². The first-order valence-electron chi connectivity index (χ1n) is 3.69. The summed E-state index contributed by atoms with van der Waals surface area (Å²) in [7, 11) is 0. The van der Waals surface area contributed by atoms with E-state index in [2.05, 4.69) is 20.8 Å². The summed E-state index contributed by atoms with van der Waals surface area (Å²) in [5, 5.41) is 9.29. The molecule has 1 heteroatoms. The standard InChI is InChI=1S/C8H16O/c1-5-6(2)8(5,4)7(3)9/h5-7,9H,1-4H3. The molecule has 1 aliphatic carbocycles. The van der Waals surface area contributed by atoms with Crippen LogP contribution in [0.3, 0.4) is 0 Å². The van der Waals surface area contributed by atoms with Gasteiger partial charge in [-0.2, -0.15) is 0 Å². The summed E-state index contributed by atoms with van der Waals surface area (Å²) in [6.07, 6.45) is -0.137. The molecule has 1 rings (SSSR count). The summed E-state index contributed by atoms with van der Waals surface area (Å²) in [6, 6.07) is 0. The van der Waals surface area contributed by atoms with E-state index in [1.165, 1.54) is 0 Å². The first-order valence-corrected chi connectivity index (χ1v) is 3.69. The van der Waals surface area contributed by atoms with E-state index in [4.69, 9.17) is 0 Å². The number of aliphatic hydroxyl groups excluding tert-OH is 1. The van der Waals surface area contributed by atoms with E-state index in [9.17, 15) is 5.11 Å². The average molecular weight is 128 g/mol. The van der Waals surface area contributed by atoms with Crippen LogP contribution in [0.25, 0.3) is 0 Å². The van der Waals surface area contributed by atoms with Gasteiger partial charge in [-0.1, -0.05) is 20.8 Å². The quantitative estimate of drug-likeness (QED) is 0.569. The highest BCUT2D eigenvalue weighted by atomic mass is 16.3. The van der Waals surface area contributed by atoms with Crippen LogP contribution in [0.1, 0.15) is 27.7 Å². The van der Waals surface area contributed by atoms with Crippen LogP contribution < -0.4 is 0 Å². The van der Waals surface area contributed by atoms with Gasteiger partial charge in [0.15, 0.2) is 0 Å². The van der Waals surface area contributed by atoms with Crippen LogP contribution in [0.15, 0.2) is 0 Å². The molecule has 1 saturated carbocycles. The Hall–Kier alpha value is -0.0400. The van der Waals surface area contributed by atoms with E-state index in [1.54, 1.807) is 0 Å². The largest absolute Gasteiger partial charge is 0.393 e. The Morgan fingerprint density at radius 3 is 1.67 bits per heavy atom. The highest BCUT2D eigenvalue weighted by Gasteiger charge is 2.57. The maximum absolute atomic E-state index is 9.29. The zero-order chi connectivity index (χ0) is 7.23. The lowest BCUT2D eigenvalue weighted by Gasteiger charge is -2.13. The first-order chi connectivity index (χ1) is 4.01. The maximum atomic E-state index is 9.29. The predicted octanol–water partition coefficient (Wildman–Crippen LogP) is 1.66. The van der Waals surface area contributed by atoms with E-state index < -0.39 is 0 Å². The minimum atomic E-state index is -0.137. The Balaban J connectivity index is 2.60. The van der Waals surface area contributed by atoms with Crippen molar-refractivity contribution in [3.8, 4) is 0 Å². The summed E-state index contributed by atoms with van der Waals surface area (Å²) >= 11 is 0. The van der Waals surface area contributed by atoms with Crippen molar-refractivity contribution in [1.29, 1.82) is 0 Å². The molecule has 1 N–H and O–H groups in total. The molecule has 0 aromatic carbocycles. The molecule has 0 spiro atoms. The highest BCUT2D eigenvalue weighted by molar-refractivity contribution is 5.05. The lowest BCUT2D eigenvalue weighted by atomic mass is 9.99. The molecule has 3 atom stereocenters. The van der Waals surface area contributed by atoms with Crippen LogP contribution >= 0.6 is 0 Å². The molecule has 0 radical (unpaired) electrons. The van der Waals surface area contributed by atoms with Gasteiger partial charge in [-0.3, -0.25) is 0 Å². The second kappa shape index (κ2) is 1.72. The lowest BCUT2D eigenvalue weighted by molar-refractivity contribution is 0.106. The molecule has 1 nitrogen and oxygen atoms in total. The molecule has 0 amide bonds. The van der Waals surface area contributed by atoms with Crippen molar-refractivity contribution in [2.24, 2.45) is 17.3 Å². The van der Waals surface area contributed by atoms with Gasteiger partial charge >= 0.3 is 0 Å². The second-order valence-corrected chi connectivity index (χ2v) is 3.62. The molecule has 0 saturated heterocycles. The monoisotopic (exact) mass is 128 g/mol. The van der Waals surface area contributed by atoms with Crippen LogP contribution in [-0.2, 0) is 0 Å². The smallest absolute Gasteiger partial charge is 0.0570 e. The zero-order valence-electron chi connectivity index (χ0n) is 6.68. The van der Waals surface area contributed by atoms with Gasteiger partial charge < -0.3 is 5.11 Å². The predicted molar refractivity (Wildman–Crippen MR) is 38.1 cm³/mol. The summed E-state index contributed by atoms with van der Waals surface area (Å²) in [5.41, 5.74) is 0.222. The third-order valence-corrected chi connectivity index (χ3v) is 3.50. The van der Waals surface area contributed by atoms with E-state index in [0.717, 1.165) is 0 Å². The molecule has 0 aromatic rings. The Morgan fingerprint density at radius 2 is 1.67 bits per heavy atom. The van der Waals surface area contributed by atoms with E-state index in [1.807, 2.05) is 6.92 Å². The Morgan fingerprint density at radius 1 is 1.33 bits per heavy atom.